The summed E-state index contributed by atoms with van der Waals surface area (Å²) in [4.78, 5) is 11.7. The van der Waals surface area contributed by atoms with E-state index in [0.29, 0.717) is 22.6 Å². The molecular weight excluding hydrogens is 322 g/mol. The number of nitrogens with one attached hydrogen (secondary N) is 1. The van der Waals surface area contributed by atoms with Crippen molar-refractivity contribution >= 4 is 17.2 Å². The van der Waals surface area contributed by atoms with E-state index in [1.165, 1.54) is 6.20 Å². The van der Waals surface area contributed by atoms with Gasteiger partial charge >= 0.3 is 0 Å². The number of fused-ring (bicyclic) bond motifs is 1. The molecule has 4 rings (SSSR count). The Morgan fingerprint density at radius 3 is 2.56 bits per heavy atom. The number of halogens is 2. The second kappa shape index (κ2) is 5.21. The van der Waals surface area contributed by atoms with Crippen molar-refractivity contribution in [1.82, 2.24) is 15.0 Å². The molecule has 0 spiro atoms. The molecule has 1 saturated carbocycles. The van der Waals surface area contributed by atoms with E-state index in [0.717, 1.165) is 11.1 Å². The minimum atomic E-state index is -2.72. The van der Waals surface area contributed by atoms with Crippen molar-refractivity contribution in [3.05, 3.63) is 65.6 Å². The molecule has 0 radical (unpaired) electrons. The van der Waals surface area contributed by atoms with Gasteiger partial charge in [-0.2, -0.15) is 5.26 Å². The van der Waals surface area contributed by atoms with Crippen LogP contribution in [0.2, 0.25) is 0 Å². The number of benzene rings is 1. The number of rotatable bonds is 3. The molecule has 25 heavy (non-hydrogen) atoms. The van der Waals surface area contributed by atoms with Crippen LogP contribution in [0.5, 0.6) is 0 Å². The zero-order valence-corrected chi connectivity index (χ0v) is 13.3. The van der Waals surface area contributed by atoms with Gasteiger partial charge in [-0.1, -0.05) is 36.9 Å². The van der Waals surface area contributed by atoms with E-state index in [1.54, 1.807) is 12.1 Å². The van der Waals surface area contributed by atoms with Gasteiger partial charge in [0.05, 0.1) is 16.5 Å². The Kier molecular flexibility index (Phi) is 3.22. The first kappa shape index (κ1) is 15.5. The fourth-order valence-corrected chi connectivity index (χ4v) is 3.47. The van der Waals surface area contributed by atoms with Gasteiger partial charge in [-0.15, -0.1) is 0 Å². The molecule has 1 aromatic carbocycles. The van der Waals surface area contributed by atoms with Crippen LogP contribution in [0.1, 0.15) is 35.4 Å². The van der Waals surface area contributed by atoms with E-state index < -0.39 is 11.3 Å². The van der Waals surface area contributed by atoms with Crippen LogP contribution in [0.4, 0.5) is 8.78 Å². The Balaban J connectivity index is 1.84. The molecule has 1 aliphatic carbocycles. The summed E-state index contributed by atoms with van der Waals surface area (Å²) in [6.07, 6.45) is 2.52. The zero-order chi connectivity index (χ0) is 17.7. The topological polar surface area (TPSA) is 65.4 Å². The highest BCUT2D eigenvalue weighted by Gasteiger charge is 2.59. The van der Waals surface area contributed by atoms with Crippen molar-refractivity contribution in [1.29, 1.82) is 5.26 Å². The minimum absolute atomic E-state index is 0.307. The van der Waals surface area contributed by atoms with Crippen LogP contribution in [0.3, 0.4) is 0 Å². The van der Waals surface area contributed by atoms with Gasteiger partial charge < -0.3 is 4.98 Å². The maximum Gasteiger partial charge on any atom is 0.250 e. The number of hydrogen-bond acceptors (Lipinski definition) is 3. The van der Waals surface area contributed by atoms with Crippen molar-refractivity contribution < 1.29 is 8.78 Å². The first-order valence-electron chi connectivity index (χ1n) is 7.83. The largest absolute Gasteiger partial charge is 0.340 e. The molecule has 0 amide bonds. The van der Waals surface area contributed by atoms with Crippen LogP contribution >= 0.6 is 0 Å². The van der Waals surface area contributed by atoms with Crippen LogP contribution in [-0.2, 0) is 5.41 Å². The maximum atomic E-state index is 13.8. The smallest absolute Gasteiger partial charge is 0.250 e. The van der Waals surface area contributed by atoms with Gasteiger partial charge in [0, 0.05) is 19.0 Å². The van der Waals surface area contributed by atoms with Gasteiger partial charge in [0.25, 0.3) is 5.92 Å². The van der Waals surface area contributed by atoms with E-state index >= 15 is 0 Å². The Morgan fingerprint density at radius 2 is 1.96 bits per heavy atom. The summed E-state index contributed by atoms with van der Waals surface area (Å²) in [5.41, 5.74) is 2.22. The average Bonchev–Trinajstić information content (AvgIpc) is 3.02. The van der Waals surface area contributed by atoms with E-state index in [2.05, 4.69) is 21.5 Å². The van der Waals surface area contributed by atoms with Gasteiger partial charge in [0.1, 0.15) is 11.9 Å². The molecule has 0 atom stereocenters. The molecule has 124 valence electrons. The summed E-state index contributed by atoms with van der Waals surface area (Å²) in [6, 6.07) is 11.0. The predicted octanol–water partition coefficient (Wildman–Crippen LogP) is 4.19. The molecule has 1 fully saturated rings. The van der Waals surface area contributed by atoms with Gasteiger partial charge in [0.15, 0.2) is 5.65 Å². The molecule has 2 aromatic heterocycles. The number of imidazole rings is 1. The maximum absolute atomic E-state index is 13.8. The number of hydrogen-bond donors (Lipinski definition) is 1. The number of H-pyrrole nitrogens is 1. The molecule has 2 heterocycles. The second-order valence-electron chi connectivity index (χ2n) is 6.41. The molecule has 0 unspecified atom stereocenters. The Hall–Kier alpha value is -3.07. The fourth-order valence-electron chi connectivity index (χ4n) is 3.47. The SMILES string of the molecule is C=Cc1ccc(C2(c3nc4ncc(C#N)cc4[nH]3)CC(F)(F)C2)cc1. The van der Waals surface area contributed by atoms with E-state index in [1.807, 2.05) is 30.3 Å². The molecule has 0 aliphatic heterocycles. The quantitative estimate of drug-likeness (QED) is 0.780. The van der Waals surface area contributed by atoms with Crippen molar-refractivity contribution in [2.45, 2.75) is 24.2 Å². The highest BCUT2D eigenvalue weighted by Crippen LogP contribution is 2.56. The number of alkyl halides is 2. The van der Waals surface area contributed by atoms with Gasteiger partial charge in [-0.3, -0.25) is 0 Å². The summed E-state index contributed by atoms with van der Waals surface area (Å²) in [7, 11) is 0. The first-order chi connectivity index (χ1) is 12.0. The van der Waals surface area contributed by atoms with Gasteiger partial charge in [0.2, 0.25) is 0 Å². The van der Waals surface area contributed by atoms with Crippen LogP contribution in [0.25, 0.3) is 17.2 Å². The number of aromatic nitrogens is 3. The molecule has 1 aliphatic rings. The van der Waals surface area contributed by atoms with Crippen molar-refractivity contribution in [3.63, 3.8) is 0 Å². The first-order valence-corrected chi connectivity index (χ1v) is 7.83. The van der Waals surface area contributed by atoms with Gasteiger partial charge in [-0.05, 0) is 17.2 Å². The third-order valence-electron chi connectivity index (χ3n) is 4.74. The van der Waals surface area contributed by atoms with E-state index in [4.69, 9.17) is 5.26 Å². The fraction of sp³-hybridized carbons (Fsp3) is 0.211. The summed E-state index contributed by atoms with van der Waals surface area (Å²) < 4.78 is 27.6. The highest BCUT2D eigenvalue weighted by atomic mass is 19.3. The molecule has 4 nitrogen and oxygen atoms in total. The van der Waals surface area contributed by atoms with Crippen molar-refractivity contribution in [2.24, 2.45) is 0 Å². The molecule has 6 heteroatoms. The van der Waals surface area contributed by atoms with Crippen LogP contribution in [0, 0.1) is 11.3 Å². The molecular formula is C19H14F2N4. The van der Waals surface area contributed by atoms with Crippen molar-refractivity contribution in [2.75, 3.05) is 0 Å². The lowest BCUT2D eigenvalue weighted by molar-refractivity contribution is -0.115. The number of aromatic amines is 1. The zero-order valence-electron chi connectivity index (χ0n) is 13.3. The standard InChI is InChI=1S/C19H14F2N4/c1-2-12-3-5-14(6-4-12)18(10-19(20,21)11-18)17-24-15-7-13(8-22)9-23-16(15)25-17/h2-7,9H,1,10-11H2,(H,23,24,25). The van der Waals surface area contributed by atoms with Crippen LogP contribution in [0.15, 0.2) is 43.1 Å². The lowest BCUT2D eigenvalue weighted by Crippen LogP contribution is -2.50. The Morgan fingerprint density at radius 1 is 1.24 bits per heavy atom. The van der Waals surface area contributed by atoms with Gasteiger partial charge in [-0.25, -0.2) is 18.7 Å². The predicted molar refractivity (Wildman–Crippen MR) is 90.1 cm³/mol. The number of nitrogens with zero attached hydrogens (tertiary/aromatic N) is 3. The molecule has 1 N–H and O–H groups in total. The van der Waals surface area contributed by atoms with Crippen molar-refractivity contribution in [3.8, 4) is 6.07 Å². The van der Waals surface area contributed by atoms with Crippen LogP contribution < -0.4 is 0 Å². The summed E-state index contributed by atoms with van der Waals surface area (Å²) in [5, 5.41) is 8.99. The summed E-state index contributed by atoms with van der Waals surface area (Å²) in [6.45, 7) is 3.71. The minimum Gasteiger partial charge on any atom is -0.340 e. The third-order valence-corrected chi connectivity index (χ3v) is 4.74. The Bertz CT molecular complexity index is 1000. The molecule has 0 bridgehead atoms. The van der Waals surface area contributed by atoms with Crippen LogP contribution in [-0.4, -0.2) is 20.9 Å². The molecule has 0 saturated heterocycles. The second-order valence-corrected chi connectivity index (χ2v) is 6.41. The highest BCUT2D eigenvalue weighted by molar-refractivity contribution is 5.72. The summed E-state index contributed by atoms with van der Waals surface area (Å²) >= 11 is 0. The third kappa shape index (κ3) is 2.40. The summed E-state index contributed by atoms with van der Waals surface area (Å²) in [5.74, 6) is -2.26. The normalized spacial score (nSPS) is 17.6. The number of nitriles is 1. The lowest BCUT2D eigenvalue weighted by atomic mass is 9.61. The number of pyridine rings is 1. The lowest BCUT2D eigenvalue weighted by Gasteiger charge is -2.46. The van der Waals surface area contributed by atoms with E-state index in [9.17, 15) is 8.78 Å². The monoisotopic (exact) mass is 336 g/mol. The average molecular weight is 336 g/mol. The van der Waals surface area contributed by atoms with E-state index in [-0.39, 0.29) is 12.8 Å². The molecule has 3 aromatic rings. The Labute approximate surface area is 142 Å².